The van der Waals surface area contributed by atoms with Crippen LogP contribution in [0.1, 0.15) is 363 Å². The third kappa shape index (κ3) is 47.8. The zero-order valence-corrected chi connectivity index (χ0v) is 93.1. The molecule has 6 aliphatic rings. The minimum absolute atomic E-state index is 0.151. The van der Waals surface area contributed by atoms with E-state index in [2.05, 4.69) is 132 Å². The van der Waals surface area contributed by atoms with E-state index in [9.17, 15) is 15.3 Å². The van der Waals surface area contributed by atoms with Gasteiger partial charge in [-0.1, -0.05) is 209 Å². The Labute approximate surface area is 853 Å². The van der Waals surface area contributed by atoms with Crippen LogP contribution in [0, 0.1) is 73.4 Å². The van der Waals surface area contributed by atoms with E-state index in [1.54, 1.807) is 0 Å². The van der Waals surface area contributed by atoms with Crippen molar-refractivity contribution in [1.82, 2.24) is 0 Å². The summed E-state index contributed by atoms with van der Waals surface area (Å²) >= 11 is 0. The molecule has 6 aliphatic heterocycles. The molecule has 3 unspecified atom stereocenters. The van der Waals surface area contributed by atoms with Gasteiger partial charge in [0.05, 0.1) is 258 Å². The van der Waals surface area contributed by atoms with E-state index in [-0.39, 0.29) is 147 Å². The smallest absolute Gasteiger partial charge is 0.168 e. The van der Waals surface area contributed by atoms with Crippen LogP contribution in [0.15, 0.2) is 0 Å². The molecule has 6 fully saturated rings. The van der Waals surface area contributed by atoms with E-state index in [0.717, 1.165) is 231 Å². The third-order valence-corrected chi connectivity index (χ3v) is 29.3. The van der Waals surface area contributed by atoms with E-state index in [4.69, 9.17) is 114 Å². The molecule has 0 saturated carbocycles. The molecule has 27 nitrogen and oxygen atoms in total. The second-order valence-corrected chi connectivity index (χ2v) is 46.8. The molecule has 0 bridgehead atoms. The Balaban J connectivity index is 1.16. The van der Waals surface area contributed by atoms with Gasteiger partial charge in [-0.25, -0.2) is 0 Å². The van der Waals surface area contributed by atoms with Crippen LogP contribution in [0.4, 0.5) is 0 Å². The van der Waals surface area contributed by atoms with Crippen molar-refractivity contribution in [3.8, 4) is 0 Å². The molecule has 3 atom stereocenters. The van der Waals surface area contributed by atoms with E-state index < -0.39 is 40.1 Å². The molecule has 0 aromatic heterocycles. The first kappa shape index (κ1) is 128. The van der Waals surface area contributed by atoms with Crippen LogP contribution in [-0.2, 0) is 114 Å². The van der Waals surface area contributed by atoms with Gasteiger partial charge >= 0.3 is 0 Å². The van der Waals surface area contributed by atoms with Crippen molar-refractivity contribution in [3.63, 3.8) is 0 Å². The van der Waals surface area contributed by atoms with Gasteiger partial charge in [-0.15, -0.1) is 0 Å². The Hall–Kier alpha value is -1.08. The molecule has 140 heavy (non-hydrogen) atoms. The fourth-order valence-electron chi connectivity index (χ4n) is 19.0. The van der Waals surface area contributed by atoms with E-state index >= 15 is 0 Å². The van der Waals surface area contributed by atoms with Crippen LogP contribution in [0.3, 0.4) is 0 Å². The summed E-state index contributed by atoms with van der Waals surface area (Å²) in [6.45, 7) is 55.3. The minimum Gasteiger partial charge on any atom is -0.396 e. The summed E-state index contributed by atoms with van der Waals surface area (Å²) < 4.78 is 160. The number of aliphatic hydroxyl groups is 3. The third-order valence-electron chi connectivity index (χ3n) is 29.3. The topological polar surface area (TPSA) is 282 Å². The normalized spacial score (nSPS) is 21.7. The lowest BCUT2D eigenvalue weighted by molar-refractivity contribution is -0.314. The van der Waals surface area contributed by atoms with Crippen LogP contribution in [0.5, 0.6) is 0 Å². The van der Waals surface area contributed by atoms with Crippen LogP contribution in [0.2, 0.25) is 0 Å². The quantitative estimate of drug-likeness (QED) is 0.0510. The van der Waals surface area contributed by atoms with Crippen LogP contribution < -0.4 is 0 Å². The predicted molar refractivity (Wildman–Crippen MR) is 551 cm³/mol. The van der Waals surface area contributed by atoms with Gasteiger partial charge in [0.2, 0.25) is 0 Å². The van der Waals surface area contributed by atoms with Crippen molar-refractivity contribution >= 4 is 0 Å². The maximum absolute atomic E-state index is 11.1. The summed E-state index contributed by atoms with van der Waals surface area (Å²) in [7, 11) is 0. The summed E-state index contributed by atoms with van der Waals surface area (Å²) in [5.74, 6) is -4.92. The summed E-state index contributed by atoms with van der Waals surface area (Å²) in [6.07, 6.45) is 36.1. The number of aliphatic hydroxyl groups excluding tert-OH is 3. The lowest BCUT2D eigenvalue weighted by Crippen LogP contribution is -2.50. The molecule has 6 rings (SSSR count). The van der Waals surface area contributed by atoms with Crippen molar-refractivity contribution in [2.75, 3.05) is 258 Å². The molecule has 27 heteroatoms. The highest BCUT2D eigenvalue weighted by Crippen LogP contribution is 2.45. The van der Waals surface area contributed by atoms with Crippen molar-refractivity contribution in [2.45, 2.75) is 397 Å². The fourth-order valence-corrected chi connectivity index (χ4v) is 19.0. The summed E-state index contributed by atoms with van der Waals surface area (Å²) in [5.41, 5.74) is -2.81. The van der Waals surface area contributed by atoms with Gasteiger partial charge in [0.25, 0.3) is 0 Å². The van der Waals surface area contributed by atoms with Gasteiger partial charge in [0.15, 0.2) is 34.7 Å². The molecule has 0 aromatic rings. The highest BCUT2D eigenvalue weighted by molar-refractivity contribution is 4.91. The molecule has 6 heterocycles. The molecular weight excluding hydrogens is 1790 g/mol. The van der Waals surface area contributed by atoms with Crippen molar-refractivity contribution in [3.05, 3.63) is 0 Å². The molecule has 830 valence electrons. The Kier molecular flexibility index (Phi) is 62.7. The first-order chi connectivity index (χ1) is 67.4. The van der Waals surface area contributed by atoms with Gasteiger partial charge in [-0.2, -0.15) is 0 Å². The van der Waals surface area contributed by atoms with Gasteiger partial charge in [-0.05, 0) is 77.0 Å². The Morgan fingerprint density at radius 2 is 0.314 bits per heavy atom. The average molecular weight is 2010 g/mol. The molecule has 0 aliphatic carbocycles. The zero-order chi connectivity index (χ0) is 102. The highest BCUT2D eigenvalue weighted by atomic mass is 16.7. The fraction of sp³-hybridized carbons (Fsp3) is 1.00. The van der Waals surface area contributed by atoms with Gasteiger partial charge in [0, 0.05) is 150 Å². The molecule has 3 N–H and O–H groups in total. The second kappa shape index (κ2) is 68.8. The molecule has 6 saturated heterocycles. The number of unbranched alkanes of at least 4 members (excludes halogenated alkanes) is 12. The minimum atomic E-state index is -0.763. The summed E-state index contributed by atoms with van der Waals surface area (Å²) in [4.78, 5) is 0. The Morgan fingerprint density at radius 1 is 0.193 bits per heavy atom. The largest absolute Gasteiger partial charge is 0.396 e. The first-order valence-corrected chi connectivity index (χ1v) is 56.8. The van der Waals surface area contributed by atoms with Gasteiger partial charge < -0.3 is 129 Å². The SMILES string of the molecule is CCCCC1(CCCC)OCC(C)(COCC(COCC(CO)COCC(C)(COCC(CO)COCC(COCC2(C)COC(CCCC)(CCCC)OC2)COCC2(C)COC(CCCC)(CCCC)OC2)COCC(CO)COCC(COCC2(C)COC(CCCC)(CCCC)OC2)COCC2(C)COC(CCCC)(CCCC)OC2)COCC2(C)COC(CCCC)(CCCC)OC2)CO1. The highest BCUT2D eigenvalue weighted by Gasteiger charge is 2.49. The van der Waals surface area contributed by atoms with Crippen LogP contribution in [-0.4, -0.2) is 308 Å². The molecular formula is C113H216O27. The monoisotopic (exact) mass is 2010 g/mol. The first-order valence-electron chi connectivity index (χ1n) is 56.8. The second-order valence-electron chi connectivity index (χ2n) is 46.8. The lowest BCUT2D eigenvalue weighted by atomic mass is 9.90. The number of rotatable bonds is 87. The van der Waals surface area contributed by atoms with Crippen molar-refractivity contribution in [1.29, 1.82) is 0 Å². The van der Waals surface area contributed by atoms with Crippen molar-refractivity contribution < 1.29 is 129 Å². The maximum atomic E-state index is 11.1. The standard InChI is InChI=1S/C113H216O27/c1-20-32-44-108(45-33-21-2)129-83-102(14,84-130-108)77-123-68-98(69-124-78-103(15)85-131-109(132-86-103,46-34-22-3)47-35-23-4)65-117-59-95(56-114)62-120-74-101(13,75-121-63-96(57-115)60-118-66-99(70-125-79-104(16)87-133-110(134-88-104,48-36-24-5)49-37-25-6)71-126-80-105(17)89-135-111(136-90-105,50-38-26-7)51-39-27-8)76-122-64-97(58-116)61-119-67-100(72-127-81-106(18)91-137-112(138-92-106,52-40-28-9)53-41-29-10)73-128-82-107(19)93-139-113(140-94-107,54-42-30-11)55-43-31-12/h95-100,114-116H,20-94H2,1-19H3. The van der Waals surface area contributed by atoms with E-state index in [0.29, 0.717) is 178 Å². The summed E-state index contributed by atoms with van der Waals surface area (Å²) in [5, 5.41) is 33.3. The lowest BCUT2D eigenvalue weighted by Gasteiger charge is -2.45. The average Bonchev–Trinajstić information content (AvgIpc) is 0.829. The van der Waals surface area contributed by atoms with Crippen LogP contribution >= 0.6 is 0 Å². The number of hydrogen-bond donors (Lipinski definition) is 3. The Bertz CT molecular complexity index is 2470. The number of ether oxygens (including phenoxy) is 24. The van der Waals surface area contributed by atoms with Crippen LogP contribution in [0.25, 0.3) is 0 Å². The van der Waals surface area contributed by atoms with Gasteiger partial charge in [0.1, 0.15) is 0 Å². The molecule has 0 amide bonds. The molecule has 0 spiro atoms. The van der Waals surface area contributed by atoms with E-state index in [1.807, 2.05) is 0 Å². The predicted octanol–water partition coefficient (Wildman–Crippen LogP) is 21.6. The van der Waals surface area contributed by atoms with Crippen molar-refractivity contribution in [2.24, 2.45) is 73.4 Å². The summed E-state index contributed by atoms with van der Waals surface area (Å²) in [6, 6.07) is 0. The Morgan fingerprint density at radius 3 is 0.443 bits per heavy atom. The zero-order valence-electron chi connectivity index (χ0n) is 93.1. The van der Waals surface area contributed by atoms with E-state index in [1.165, 1.54) is 0 Å². The maximum Gasteiger partial charge on any atom is 0.168 e. The molecule has 0 radical (unpaired) electrons. The van der Waals surface area contributed by atoms with Gasteiger partial charge in [-0.3, -0.25) is 0 Å². The number of hydrogen-bond acceptors (Lipinski definition) is 27. The molecule has 0 aromatic carbocycles.